The Bertz CT molecular complexity index is 1010. The van der Waals surface area contributed by atoms with E-state index < -0.39 is 82.6 Å². The van der Waals surface area contributed by atoms with E-state index in [9.17, 15) is 105 Å². The molecule has 0 fully saturated rings. The Balaban J connectivity index is 0. The second kappa shape index (κ2) is 10.6. The smallest absolute Gasteiger partial charge is 0.579 e. The summed E-state index contributed by atoms with van der Waals surface area (Å²) in [4.78, 5) is 0. The summed E-state index contributed by atoms with van der Waals surface area (Å²) in [5.41, 5.74) is 0. The second-order valence-electron chi connectivity index (χ2n) is 7.31. The Morgan fingerprint density at radius 3 is 0.744 bits per heavy atom. The molecule has 0 aliphatic heterocycles. The van der Waals surface area contributed by atoms with E-state index in [0.29, 0.717) is 0 Å². The summed E-state index contributed by atoms with van der Waals surface area (Å²) in [7, 11) is 0. The number of quaternary nitrogens is 1. The standard InChI is InChI=1S/C13H2F25NO3.HI/c14-3(1(40)2(41)42,39(11(30,31)32,12(33,34)35)13(36,37)38)4(15,16)5(17,18)6(19,20)7(21,22)8(23,24)9(25,26)10(27,28)29;/h(H2-,40,41,42);1H. The van der Waals surface area contributed by atoms with Gasteiger partial charge in [0, 0.05) is 0 Å². The van der Waals surface area contributed by atoms with Crippen LogP contribution in [0.2, 0.25) is 0 Å². The van der Waals surface area contributed by atoms with E-state index in [0.717, 1.165) is 0 Å². The SMILES string of the molecule is OC(O)=C(O)C(F)(C(F)(F)C(F)(F)C(F)(F)C(F)(F)C(F)(F)C(F)(F)C(F)(F)F)[N+](C(F)(F)F)(C(F)(F)F)C(F)(F)F.[I-]. The Morgan fingerprint density at radius 2 is 0.558 bits per heavy atom. The minimum absolute atomic E-state index is 0. The summed E-state index contributed by atoms with van der Waals surface area (Å²) in [6.45, 7) is 0. The minimum atomic E-state index is -9.93. The molecule has 0 heterocycles. The van der Waals surface area contributed by atoms with E-state index in [2.05, 4.69) is 0 Å². The molecule has 0 amide bonds. The Hall–Kier alpha value is -1.92. The fourth-order valence-electron chi connectivity index (χ4n) is 2.80. The van der Waals surface area contributed by atoms with Crippen LogP contribution in [0.4, 0.5) is 110 Å². The van der Waals surface area contributed by atoms with Crippen molar-refractivity contribution in [3.8, 4) is 0 Å². The van der Waals surface area contributed by atoms with Crippen molar-refractivity contribution < 1.29 is 154 Å². The van der Waals surface area contributed by atoms with Gasteiger partial charge in [0.2, 0.25) is 0 Å². The summed E-state index contributed by atoms with van der Waals surface area (Å²) in [5, 5.41) is 25.1. The zero-order chi connectivity index (χ0) is 35.2. The monoisotopic (exact) mass is 823 g/mol. The van der Waals surface area contributed by atoms with Gasteiger partial charge in [-0.3, -0.25) is 0 Å². The van der Waals surface area contributed by atoms with Crippen LogP contribution >= 0.6 is 0 Å². The van der Waals surface area contributed by atoms with Gasteiger partial charge >= 0.3 is 72.4 Å². The van der Waals surface area contributed by atoms with Crippen LogP contribution < -0.4 is 24.0 Å². The molecule has 0 saturated carbocycles. The van der Waals surface area contributed by atoms with Gasteiger partial charge in [-0.15, -0.1) is 39.5 Å². The minimum Gasteiger partial charge on any atom is -1.00 e. The average Bonchev–Trinajstić information content (AvgIpc) is 2.67. The van der Waals surface area contributed by atoms with Crippen LogP contribution in [-0.4, -0.2) is 86.2 Å². The number of aliphatic hydroxyl groups excluding tert-OH is 2. The average molecular weight is 823 g/mol. The van der Waals surface area contributed by atoms with E-state index in [1.54, 1.807) is 0 Å². The highest BCUT2D eigenvalue weighted by atomic mass is 127. The zero-order valence-corrected chi connectivity index (χ0v) is 20.3. The van der Waals surface area contributed by atoms with E-state index in [1.807, 2.05) is 0 Å². The first-order valence-electron chi connectivity index (χ1n) is 8.54. The summed E-state index contributed by atoms with van der Waals surface area (Å²) in [6, 6.07) is 0. The van der Waals surface area contributed by atoms with Crippen LogP contribution in [0.5, 0.6) is 0 Å². The third-order valence-electron chi connectivity index (χ3n) is 4.87. The first-order chi connectivity index (χ1) is 17.6. The highest BCUT2D eigenvalue weighted by Crippen LogP contribution is 2.69. The van der Waals surface area contributed by atoms with Crippen molar-refractivity contribution in [1.82, 2.24) is 0 Å². The molecule has 0 radical (unpaired) electrons. The Kier molecular flexibility index (Phi) is 10.6. The van der Waals surface area contributed by atoms with Crippen LogP contribution in [0, 0.1) is 0 Å². The largest absolute Gasteiger partial charge is 1.00 e. The van der Waals surface area contributed by atoms with Gasteiger partial charge in [0.1, 0.15) is 0 Å². The second-order valence-corrected chi connectivity index (χ2v) is 7.31. The van der Waals surface area contributed by atoms with Crippen molar-refractivity contribution in [2.45, 2.75) is 66.4 Å². The molecule has 0 bridgehead atoms. The molecule has 0 spiro atoms. The molecule has 3 N–H and O–H groups in total. The van der Waals surface area contributed by atoms with E-state index in [-0.39, 0.29) is 24.0 Å². The molecule has 1 atom stereocenters. The molecule has 0 aromatic rings. The maximum atomic E-state index is 15.0. The predicted molar refractivity (Wildman–Crippen MR) is 72.9 cm³/mol. The number of aliphatic hydroxyl groups is 3. The quantitative estimate of drug-likeness (QED) is 0.103. The number of rotatable bonds is 8. The molecule has 30 heteroatoms. The number of alkyl halides is 25. The molecular formula is C13H3F25INO3. The molecule has 0 rings (SSSR count). The van der Waals surface area contributed by atoms with E-state index >= 15 is 4.39 Å². The van der Waals surface area contributed by atoms with Gasteiger partial charge in [-0.05, 0) is 4.48 Å². The van der Waals surface area contributed by atoms with Crippen LogP contribution in [0.25, 0.3) is 0 Å². The van der Waals surface area contributed by atoms with Crippen molar-refractivity contribution in [2.24, 2.45) is 0 Å². The van der Waals surface area contributed by atoms with Gasteiger partial charge in [0.25, 0.3) is 5.76 Å². The predicted octanol–water partition coefficient (Wildman–Crippen LogP) is 5.25. The number of hydrogen-bond acceptors (Lipinski definition) is 3. The Labute approximate surface area is 232 Å². The van der Waals surface area contributed by atoms with Gasteiger partial charge in [-0.25, -0.2) is 0 Å². The van der Waals surface area contributed by atoms with Crippen molar-refractivity contribution in [1.29, 1.82) is 0 Å². The lowest BCUT2D eigenvalue weighted by Crippen LogP contribution is -3.00. The summed E-state index contributed by atoms with van der Waals surface area (Å²) in [6.07, 6.45) is -35.9. The lowest BCUT2D eigenvalue weighted by Gasteiger charge is -2.50. The highest BCUT2D eigenvalue weighted by Gasteiger charge is 3.04. The first-order valence-corrected chi connectivity index (χ1v) is 8.54. The first kappa shape index (κ1) is 43.2. The molecule has 0 aromatic heterocycles. The molecule has 0 aliphatic carbocycles. The molecule has 4 nitrogen and oxygen atoms in total. The summed E-state index contributed by atoms with van der Waals surface area (Å²) in [5.74, 6) is -76.8. The fourth-order valence-corrected chi connectivity index (χ4v) is 2.80. The molecule has 43 heavy (non-hydrogen) atoms. The van der Waals surface area contributed by atoms with Crippen molar-refractivity contribution in [3.05, 3.63) is 11.7 Å². The molecule has 0 aliphatic rings. The molecule has 1 unspecified atom stereocenters. The molecule has 0 aromatic carbocycles. The topological polar surface area (TPSA) is 60.7 Å². The fraction of sp³-hybridized carbons (Fsp3) is 0.846. The molecule has 0 saturated heterocycles. The van der Waals surface area contributed by atoms with Crippen molar-refractivity contribution in [3.63, 3.8) is 0 Å². The van der Waals surface area contributed by atoms with E-state index in [4.69, 9.17) is 15.3 Å². The lowest BCUT2D eigenvalue weighted by molar-refractivity contribution is -1.21. The number of nitrogens with zero attached hydrogens (tertiary/aromatic N) is 1. The summed E-state index contributed by atoms with van der Waals surface area (Å²) < 4.78 is 324. The zero-order valence-electron chi connectivity index (χ0n) is 18.1. The molecule has 260 valence electrons. The van der Waals surface area contributed by atoms with E-state index in [1.165, 1.54) is 0 Å². The maximum Gasteiger partial charge on any atom is 0.579 e. The van der Waals surface area contributed by atoms with Gasteiger partial charge in [-0.2, -0.15) is 70.2 Å². The number of hydrogen-bond donors (Lipinski definition) is 3. The van der Waals surface area contributed by atoms with Gasteiger partial charge in [0.05, 0.1) is 0 Å². The van der Waals surface area contributed by atoms with Crippen LogP contribution in [0.3, 0.4) is 0 Å². The lowest BCUT2D eigenvalue weighted by atomic mass is 9.85. The van der Waals surface area contributed by atoms with Crippen LogP contribution in [0.15, 0.2) is 11.7 Å². The number of halogens is 26. The third kappa shape index (κ3) is 5.07. The van der Waals surface area contributed by atoms with Gasteiger partial charge in [0.15, 0.2) is 0 Å². The molecular weight excluding hydrogens is 820 g/mol. The summed E-state index contributed by atoms with van der Waals surface area (Å²) >= 11 is 0. The highest BCUT2D eigenvalue weighted by molar-refractivity contribution is 5.21. The Morgan fingerprint density at radius 1 is 0.349 bits per heavy atom. The normalized spacial score (nSPS) is 17.2. The van der Waals surface area contributed by atoms with Gasteiger partial charge < -0.3 is 39.3 Å². The van der Waals surface area contributed by atoms with Crippen LogP contribution in [-0.2, 0) is 0 Å². The van der Waals surface area contributed by atoms with Crippen molar-refractivity contribution in [2.75, 3.05) is 0 Å². The third-order valence-corrected chi connectivity index (χ3v) is 4.87. The maximum absolute atomic E-state index is 15.0. The van der Waals surface area contributed by atoms with Crippen molar-refractivity contribution >= 4 is 0 Å². The van der Waals surface area contributed by atoms with Gasteiger partial charge in [-0.1, -0.05) is 0 Å². The van der Waals surface area contributed by atoms with Crippen LogP contribution in [0.1, 0.15) is 0 Å².